The van der Waals surface area contributed by atoms with Gasteiger partial charge in [-0.25, -0.2) is 5.01 Å². The molecule has 0 saturated heterocycles. The first-order chi connectivity index (χ1) is 14.2. The van der Waals surface area contributed by atoms with Crippen LogP contribution in [-0.2, 0) is 0 Å². The number of para-hydroxylation sites is 1. The summed E-state index contributed by atoms with van der Waals surface area (Å²) in [5, 5.41) is 7.02. The van der Waals surface area contributed by atoms with Gasteiger partial charge < -0.3 is 13.9 Å². The Morgan fingerprint density at radius 2 is 2.00 bits per heavy atom. The van der Waals surface area contributed by atoms with Gasteiger partial charge >= 0.3 is 0 Å². The molecule has 0 amide bonds. The minimum Gasteiger partial charge on any atom is -0.490 e. The van der Waals surface area contributed by atoms with Gasteiger partial charge in [0.05, 0.1) is 24.6 Å². The Kier molecular flexibility index (Phi) is 4.31. The number of nitrogens with zero attached hydrogens (tertiary/aromatic N) is 2. The number of aryl methyl sites for hydroxylation is 2. The summed E-state index contributed by atoms with van der Waals surface area (Å²) < 4.78 is 17.9. The number of benzene rings is 2. The third-order valence-electron chi connectivity index (χ3n) is 5.71. The van der Waals surface area contributed by atoms with E-state index in [4.69, 9.17) is 19.0 Å². The van der Waals surface area contributed by atoms with Gasteiger partial charge in [-0.3, -0.25) is 0 Å². The lowest BCUT2D eigenvalue weighted by Gasteiger charge is -2.37. The number of furan rings is 1. The molecular formula is C24H24N2O3. The molecule has 0 radical (unpaired) electrons. The molecule has 2 aromatic carbocycles. The number of hydrazone groups is 1. The van der Waals surface area contributed by atoms with Crippen molar-refractivity contribution in [1.29, 1.82) is 0 Å². The molecule has 0 bridgehead atoms. The number of fused-ring (bicyclic) bond motifs is 3. The molecule has 5 nitrogen and oxygen atoms in total. The molecule has 0 aliphatic carbocycles. The Balaban J connectivity index is 1.60. The Morgan fingerprint density at radius 1 is 1.10 bits per heavy atom. The van der Waals surface area contributed by atoms with Gasteiger partial charge in [0.2, 0.25) is 6.23 Å². The Labute approximate surface area is 170 Å². The molecule has 3 aromatic rings. The molecule has 5 heteroatoms. The second kappa shape index (κ2) is 6.99. The normalized spacial score (nSPS) is 20.0. The van der Waals surface area contributed by atoms with Crippen LogP contribution in [0.25, 0.3) is 0 Å². The van der Waals surface area contributed by atoms with E-state index in [-0.39, 0.29) is 6.04 Å². The van der Waals surface area contributed by atoms with Crippen molar-refractivity contribution in [2.24, 2.45) is 5.10 Å². The number of hydrogen-bond donors (Lipinski definition) is 0. The molecule has 3 heterocycles. The summed E-state index contributed by atoms with van der Waals surface area (Å²) in [6.45, 7) is 6.84. The van der Waals surface area contributed by atoms with E-state index in [1.165, 1.54) is 11.1 Å². The highest BCUT2D eigenvalue weighted by atomic mass is 16.5. The van der Waals surface area contributed by atoms with Crippen molar-refractivity contribution in [1.82, 2.24) is 5.01 Å². The molecule has 0 spiro atoms. The molecule has 2 aliphatic rings. The predicted molar refractivity (Wildman–Crippen MR) is 111 cm³/mol. The molecule has 2 atom stereocenters. The van der Waals surface area contributed by atoms with Crippen molar-refractivity contribution in [3.05, 3.63) is 82.8 Å². The number of hydrogen-bond acceptors (Lipinski definition) is 5. The highest BCUT2D eigenvalue weighted by Gasteiger charge is 2.43. The fourth-order valence-corrected chi connectivity index (χ4v) is 4.07. The van der Waals surface area contributed by atoms with Gasteiger partial charge in [-0.1, -0.05) is 24.3 Å². The van der Waals surface area contributed by atoms with Crippen molar-refractivity contribution >= 4 is 5.71 Å². The van der Waals surface area contributed by atoms with Gasteiger partial charge in [0.1, 0.15) is 0 Å². The van der Waals surface area contributed by atoms with Crippen molar-refractivity contribution in [3.8, 4) is 11.5 Å². The minimum absolute atomic E-state index is 0.0749. The van der Waals surface area contributed by atoms with Crippen LogP contribution in [0.3, 0.4) is 0 Å². The van der Waals surface area contributed by atoms with Gasteiger partial charge in [0.25, 0.3) is 0 Å². The van der Waals surface area contributed by atoms with Crippen LogP contribution in [0, 0.1) is 13.8 Å². The van der Waals surface area contributed by atoms with E-state index in [1.54, 1.807) is 6.26 Å². The lowest BCUT2D eigenvalue weighted by molar-refractivity contribution is -0.0344. The van der Waals surface area contributed by atoms with Crippen LogP contribution >= 0.6 is 0 Å². The summed E-state index contributed by atoms with van der Waals surface area (Å²) in [5.41, 5.74) is 5.87. The topological polar surface area (TPSA) is 47.2 Å². The zero-order valence-electron chi connectivity index (χ0n) is 16.9. The fourth-order valence-electron chi connectivity index (χ4n) is 4.07. The average molecular weight is 388 g/mol. The van der Waals surface area contributed by atoms with Crippen molar-refractivity contribution in [3.63, 3.8) is 0 Å². The van der Waals surface area contributed by atoms with Gasteiger partial charge in [-0.15, -0.1) is 0 Å². The van der Waals surface area contributed by atoms with Crippen LogP contribution in [0.2, 0.25) is 0 Å². The maximum atomic E-state index is 6.40. The molecule has 0 N–H and O–H groups in total. The molecule has 1 aromatic heterocycles. The summed E-state index contributed by atoms with van der Waals surface area (Å²) in [6, 6.07) is 16.5. The average Bonchev–Trinajstić information content (AvgIpc) is 3.40. The highest BCUT2D eigenvalue weighted by Crippen LogP contribution is 2.50. The summed E-state index contributed by atoms with van der Waals surface area (Å²) in [5.74, 6) is 2.28. The zero-order valence-corrected chi connectivity index (χ0v) is 16.9. The molecular weight excluding hydrogens is 364 g/mol. The molecule has 0 fully saturated rings. The maximum Gasteiger partial charge on any atom is 0.246 e. The summed E-state index contributed by atoms with van der Waals surface area (Å²) in [4.78, 5) is 0. The van der Waals surface area contributed by atoms with Crippen molar-refractivity contribution in [2.75, 3.05) is 6.61 Å². The third kappa shape index (κ3) is 2.97. The Hall–Kier alpha value is -3.21. The number of rotatable bonds is 4. The largest absolute Gasteiger partial charge is 0.490 e. The summed E-state index contributed by atoms with van der Waals surface area (Å²) >= 11 is 0. The minimum atomic E-state index is -0.423. The third-order valence-corrected chi connectivity index (χ3v) is 5.71. The standard InChI is InChI=1S/C24H24N2O3/c1-4-27-21-8-5-7-18-20-14-19(17-11-10-15(2)16(3)13-17)25-26(20)24(29-23(18)21)22-9-6-12-28-22/h5-13,20,24H,4,14H2,1-3H3/t20-,24-/m0/s1. The monoisotopic (exact) mass is 388 g/mol. The highest BCUT2D eigenvalue weighted by molar-refractivity contribution is 6.02. The predicted octanol–water partition coefficient (Wildman–Crippen LogP) is 5.54. The Bertz CT molecular complexity index is 1070. The first kappa shape index (κ1) is 17.9. The maximum absolute atomic E-state index is 6.40. The van der Waals surface area contributed by atoms with Gasteiger partial charge in [-0.05, 0) is 61.7 Å². The van der Waals surface area contributed by atoms with Crippen LogP contribution in [0.1, 0.15) is 53.6 Å². The number of ether oxygens (including phenoxy) is 2. The lowest BCUT2D eigenvalue weighted by Crippen LogP contribution is -2.33. The molecule has 0 saturated carbocycles. The SMILES string of the molecule is CCOc1cccc2c1O[C@@H](c1ccco1)N1N=C(c3ccc(C)c(C)c3)C[C@@H]21. The summed E-state index contributed by atoms with van der Waals surface area (Å²) in [7, 11) is 0. The van der Waals surface area contributed by atoms with Crippen LogP contribution in [0.5, 0.6) is 11.5 Å². The first-order valence-electron chi connectivity index (χ1n) is 10.0. The van der Waals surface area contributed by atoms with Crippen molar-refractivity contribution < 1.29 is 13.9 Å². The van der Waals surface area contributed by atoms with Crippen LogP contribution in [-0.4, -0.2) is 17.3 Å². The van der Waals surface area contributed by atoms with Crippen LogP contribution in [0.15, 0.2) is 64.3 Å². The van der Waals surface area contributed by atoms with E-state index < -0.39 is 6.23 Å². The van der Waals surface area contributed by atoms with Crippen molar-refractivity contribution in [2.45, 2.75) is 39.5 Å². The van der Waals surface area contributed by atoms with E-state index in [0.29, 0.717) is 6.61 Å². The van der Waals surface area contributed by atoms with E-state index in [1.807, 2.05) is 36.2 Å². The molecule has 148 valence electrons. The van der Waals surface area contributed by atoms with E-state index in [0.717, 1.165) is 40.5 Å². The fraction of sp³-hybridized carbons (Fsp3) is 0.292. The van der Waals surface area contributed by atoms with Gasteiger partial charge in [0.15, 0.2) is 17.3 Å². The molecule has 0 unspecified atom stereocenters. The second-order valence-electron chi connectivity index (χ2n) is 7.54. The van der Waals surface area contributed by atoms with Gasteiger partial charge in [-0.2, -0.15) is 5.10 Å². The Morgan fingerprint density at radius 3 is 2.76 bits per heavy atom. The van der Waals surface area contributed by atoms with Crippen LogP contribution in [0.4, 0.5) is 0 Å². The second-order valence-corrected chi connectivity index (χ2v) is 7.54. The van der Waals surface area contributed by atoms with E-state index in [9.17, 15) is 0 Å². The zero-order chi connectivity index (χ0) is 20.0. The molecule has 29 heavy (non-hydrogen) atoms. The van der Waals surface area contributed by atoms with E-state index in [2.05, 4.69) is 38.1 Å². The van der Waals surface area contributed by atoms with Crippen LogP contribution < -0.4 is 9.47 Å². The van der Waals surface area contributed by atoms with Gasteiger partial charge in [0, 0.05) is 12.0 Å². The molecule has 5 rings (SSSR count). The molecule has 2 aliphatic heterocycles. The lowest BCUT2D eigenvalue weighted by atomic mass is 9.95. The smallest absolute Gasteiger partial charge is 0.246 e. The van der Waals surface area contributed by atoms with E-state index >= 15 is 0 Å². The summed E-state index contributed by atoms with van der Waals surface area (Å²) in [6.07, 6.45) is 2.06. The quantitative estimate of drug-likeness (QED) is 0.589. The first-order valence-corrected chi connectivity index (χ1v) is 10.0.